The third kappa shape index (κ3) is 2.25. The number of amides is 2. The van der Waals surface area contributed by atoms with Crippen LogP contribution in [-0.4, -0.2) is 48.0 Å². The SMILES string of the molecule is CCC1(c2ccccc2)C(=O)NCNC1=O.[Na]. The Bertz CT molecular complexity index is 404. The molecule has 1 aromatic carbocycles. The van der Waals surface area contributed by atoms with Crippen molar-refractivity contribution in [2.75, 3.05) is 6.67 Å². The largest absolute Gasteiger partial charge is 0.337 e. The van der Waals surface area contributed by atoms with Crippen LogP contribution < -0.4 is 10.6 Å². The van der Waals surface area contributed by atoms with E-state index in [-0.39, 0.29) is 48.0 Å². The third-order valence-corrected chi connectivity index (χ3v) is 3.07. The molecule has 0 aliphatic carbocycles. The number of carbonyl (C=O) groups excluding carboxylic acids is 2. The molecule has 1 radical (unpaired) electrons. The van der Waals surface area contributed by atoms with Gasteiger partial charge in [-0.25, -0.2) is 0 Å². The fraction of sp³-hybridized carbons (Fsp3) is 0.333. The van der Waals surface area contributed by atoms with E-state index in [2.05, 4.69) is 10.6 Å². The van der Waals surface area contributed by atoms with Crippen molar-refractivity contribution in [2.45, 2.75) is 18.8 Å². The summed E-state index contributed by atoms with van der Waals surface area (Å²) in [4.78, 5) is 24.0. The third-order valence-electron chi connectivity index (χ3n) is 3.07. The van der Waals surface area contributed by atoms with E-state index in [1.807, 2.05) is 37.3 Å². The van der Waals surface area contributed by atoms with Crippen molar-refractivity contribution in [1.29, 1.82) is 0 Å². The Morgan fingerprint density at radius 3 is 2.12 bits per heavy atom. The van der Waals surface area contributed by atoms with Gasteiger partial charge < -0.3 is 10.6 Å². The molecule has 2 amide bonds. The zero-order valence-corrected chi connectivity index (χ0v) is 12.1. The Labute approximate surface area is 122 Å². The van der Waals surface area contributed by atoms with Gasteiger partial charge in [0.15, 0.2) is 5.41 Å². The summed E-state index contributed by atoms with van der Waals surface area (Å²) in [6.45, 7) is 2.06. The molecule has 4 nitrogen and oxygen atoms in total. The topological polar surface area (TPSA) is 58.2 Å². The summed E-state index contributed by atoms with van der Waals surface area (Å²) >= 11 is 0. The molecule has 1 saturated heterocycles. The fourth-order valence-corrected chi connectivity index (χ4v) is 2.12. The second-order valence-electron chi connectivity index (χ2n) is 3.81. The summed E-state index contributed by atoms with van der Waals surface area (Å²) in [5, 5.41) is 5.36. The standard InChI is InChI=1S/C12H14N2O2.Na/c1-2-12(9-6-4-3-5-7-9)10(15)13-8-14-11(12)16;/h3-7H,2,8H2,1H3,(H,13,15)(H,14,16);. The summed E-state index contributed by atoms with van der Waals surface area (Å²) in [7, 11) is 0. The number of rotatable bonds is 2. The molecule has 0 saturated carbocycles. The average Bonchev–Trinajstić information content (AvgIpc) is 2.31. The molecule has 0 atom stereocenters. The van der Waals surface area contributed by atoms with Gasteiger partial charge in [0, 0.05) is 29.6 Å². The molecule has 1 aliphatic rings. The van der Waals surface area contributed by atoms with Gasteiger partial charge in [-0.3, -0.25) is 9.59 Å². The Balaban J connectivity index is 0.00000144. The van der Waals surface area contributed by atoms with E-state index in [4.69, 9.17) is 0 Å². The second kappa shape index (κ2) is 5.67. The van der Waals surface area contributed by atoms with Crippen molar-refractivity contribution in [1.82, 2.24) is 10.6 Å². The van der Waals surface area contributed by atoms with Gasteiger partial charge in [-0.05, 0) is 12.0 Å². The van der Waals surface area contributed by atoms with E-state index in [0.717, 1.165) is 5.56 Å². The van der Waals surface area contributed by atoms with Crippen molar-refractivity contribution in [3.63, 3.8) is 0 Å². The Kier molecular flexibility index (Phi) is 4.74. The van der Waals surface area contributed by atoms with Crippen LogP contribution in [0.4, 0.5) is 0 Å². The molecule has 85 valence electrons. The molecular formula is C12H14N2NaO2. The van der Waals surface area contributed by atoms with Gasteiger partial charge in [0.25, 0.3) is 0 Å². The van der Waals surface area contributed by atoms with Crippen molar-refractivity contribution >= 4 is 41.4 Å². The maximum Gasteiger partial charge on any atom is 0.241 e. The maximum atomic E-state index is 12.0. The predicted octanol–water partition coefficient (Wildman–Crippen LogP) is 0.157. The molecule has 1 aliphatic heterocycles. The molecule has 5 heteroatoms. The normalized spacial score (nSPS) is 17.7. The van der Waals surface area contributed by atoms with E-state index in [1.54, 1.807) is 0 Å². The van der Waals surface area contributed by atoms with Gasteiger partial charge >= 0.3 is 0 Å². The van der Waals surface area contributed by atoms with Gasteiger partial charge in [0.1, 0.15) is 0 Å². The predicted molar refractivity (Wildman–Crippen MR) is 65.3 cm³/mol. The van der Waals surface area contributed by atoms with Crippen LogP contribution in [0, 0.1) is 0 Å². The first kappa shape index (κ1) is 14.2. The fourth-order valence-electron chi connectivity index (χ4n) is 2.12. The Morgan fingerprint density at radius 2 is 1.65 bits per heavy atom. The zero-order chi connectivity index (χ0) is 11.6. The summed E-state index contributed by atoms with van der Waals surface area (Å²) < 4.78 is 0. The van der Waals surface area contributed by atoms with Crippen LogP contribution in [0.1, 0.15) is 18.9 Å². The van der Waals surface area contributed by atoms with Gasteiger partial charge in [0.05, 0.1) is 6.67 Å². The van der Waals surface area contributed by atoms with Crippen LogP contribution in [0.25, 0.3) is 0 Å². The molecular weight excluding hydrogens is 227 g/mol. The molecule has 1 heterocycles. The molecule has 0 spiro atoms. The maximum absolute atomic E-state index is 12.0. The van der Waals surface area contributed by atoms with Crippen LogP contribution in [0.5, 0.6) is 0 Å². The molecule has 0 aromatic heterocycles. The van der Waals surface area contributed by atoms with E-state index in [0.29, 0.717) is 6.42 Å². The average molecular weight is 241 g/mol. The molecule has 2 rings (SSSR count). The molecule has 2 N–H and O–H groups in total. The van der Waals surface area contributed by atoms with Gasteiger partial charge in [-0.15, -0.1) is 0 Å². The minimum atomic E-state index is -1.07. The number of hydrogen-bond donors (Lipinski definition) is 2. The molecule has 0 bridgehead atoms. The van der Waals surface area contributed by atoms with E-state index < -0.39 is 5.41 Å². The minimum absolute atomic E-state index is 0. The molecule has 17 heavy (non-hydrogen) atoms. The first-order valence-electron chi connectivity index (χ1n) is 5.34. The number of benzene rings is 1. The minimum Gasteiger partial charge on any atom is -0.337 e. The first-order valence-corrected chi connectivity index (χ1v) is 5.34. The number of hydrogen-bond acceptors (Lipinski definition) is 2. The van der Waals surface area contributed by atoms with E-state index >= 15 is 0 Å². The van der Waals surface area contributed by atoms with Crippen molar-refractivity contribution in [3.8, 4) is 0 Å². The monoisotopic (exact) mass is 241 g/mol. The van der Waals surface area contributed by atoms with Gasteiger partial charge in [0.2, 0.25) is 11.8 Å². The van der Waals surface area contributed by atoms with Crippen LogP contribution in [0.3, 0.4) is 0 Å². The quantitative estimate of drug-likeness (QED) is 0.572. The van der Waals surface area contributed by atoms with Gasteiger partial charge in [-0.1, -0.05) is 37.3 Å². The smallest absolute Gasteiger partial charge is 0.241 e. The van der Waals surface area contributed by atoms with Gasteiger partial charge in [-0.2, -0.15) is 0 Å². The number of nitrogens with one attached hydrogen (secondary N) is 2. The van der Waals surface area contributed by atoms with E-state index in [9.17, 15) is 9.59 Å². The molecule has 0 unspecified atom stereocenters. The van der Waals surface area contributed by atoms with Crippen molar-refractivity contribution < 1.29 is 9.59 Å². The van der Waals surface area contributed by atoms with Crippen LogP contribution in [-0.2, 0) is 15.0 Å². The summed E-state index contributed by atoms with van der Waals surface area (Å²) in [5.74, 6) is -0.435. The summed E-state index contributed by atoms with van der Waals surface area (Å²) in [5.41, 5.74) is -0.327. The second-order valence-corrected chi connectivity index (χ2v) is 3.81. The Hall–Kier alpha value is -0.840. The van der Waals surface area contributed by atoms with Crippen LogP contribution >= 0.6 is 0 Å². The summed E-state index contributed by atoms with van der Waals surface area (Å²) in [6, 6.07) is 9.16. The van der Waals surface area contributed by atoms with Crippen LogP contribution in [0.15, 0.2) is 30.3 Å². The number of carbonyl (C=O) groups is 2. The first-order chi connectivity index (χ1) is 7.71. The van der Waals surface area contributed by atoms with Crippen molar-refractivity contribution in [2.24, 2.45) is 0 Å². The molecule has 1 aromatic rings. The van der Waals surface area contributed by atoms with Crippen LogP contribution in [0.2, 0.25) is 0 Å². The van der Waals surface area contributed by atoms with E-state index in [1.165, 1.54) is 0 Å². The van der Waals surface area contributed by atoms with Crippen molar-refractivity contribution in [3.05, 3.63) is 35.9 Å². The zero-order valence-electron chi connectivity index (χ0n) is 10.1. The Morgan fingerprint density at radius 1 is 1.12 bits per heavy atom. The molecule has 1 fully saturated rings. The summed E-state index contributed by atoms with van der Waals surface area (Å²) in [6.07, 6.45) is 0.453.